The molecule has 3 aromatic rings. The molecule has 0 radical (unpaired) electrons. The van der Waals surface area contributed by atoms with Crippen molar-refractivity contribution in [2.45, 2.75) is 19.3 Å². The Balaban J connectivity index is 1.48. The summed E-state index contributed by atoms with van der Waals surface area (Å²) in [6, 6.07) is 17.2. The minimum absolute atomic E-state index is 0.0475. The maximum atomic E-state index is 13.1. The van der Waals surface area contributed by atoms with E-state index in [-0.39, 0.29) is 11.8 Å². The number of carbonyl (C=O) groups is 2. The fourth-order valence-corrected chi connectivity index (χ4v) is 4.24. The Morgan fingerprint density at radius 2 is 1.72 bits per heavy atom. The zero-order valence-corrected chi connectivity index (χ0v) is 18.7. The normalized spacial score (nSPS) is 13.9. The van der Waals surface area contributed by atoms with Crippen molar-refractivity contribution >= 4 is 34.3 Å². The lowest BCUT2D eigenvalue weighted by Gasteiger charge is -2.35. The fraction of sp³-hybridized carbons (Fsp3) is 0.269. The topological polar surface area (TPSA) is 53.5 Å². The van der Waals surface area contributed by atoms with E-state index < -0.39 is 0 Å². The molecular formula is C26H26ClN3O2. The van der Waals surface area contributed by atoms with E-state index in [1.54, 1.807) is 11.0 Å². The molecule has 6 heteroatoms. The summed E-state index contributed by atoms with van der Waals surface area (Å²) in [6.45, 7) is 5.88. The van der Waals surface area contributed by atoms with Gasteiger partial charge in [-0.2, -0.15) is 0 Å². The van der Waals surface area contributed by atoms with Crippen molar-refractivity contribution in [2.24, 2.45) is 0 Å². The summed E-state index contributed by atoms with van der Waals surface area (Å²) < 4.78 is 0. The molecule has 0 spiro atoms. The Morgan fingerprint density at radius 3 is 2.44 bits per heavy atom. The minimum Gasteiger partial charge on any atom is -0.339 e. The highest BCUT2D eigenvalue weighted by Gasteiger charge is 2.25. The molecule has 5 nitrogen and oxygen atoms in total. The summed E-state index contributed by atoms with van der Waals surface area (Å²) in [7, 11) is 0. The highest BCUT2D eigenvalue weighted by Crippen LogP contribution is 2.29. The standard InChI is InChI=1S/C26H26ClN3O2/c1-2-3-5-10-25(31)29-13-15-30(16-14-29)26(32)20-11-12-21-22(27)18-23(28-24(21)17-20)19-8-6-4-7-9-19/h2,4,6-9,11-12,17-18H,1,3,5,10,13-16H2. The van der Waals surface area contributed by atoms with Gasteiger partial charge in [0.2, 0.25) is 5.91 Å². The van der Waals surface area contributed by atoms with Crippen LogP contribution >= 0.6 is 11.6 Å². The molecule has 2 aromatic carbocycles. The number of allylic oxidation sites excluding steroid dienone is 1. The summed E-state index contributed by atoms with van der Waals surface area (Å²) in [4.78, 5) is 33.8. The highest BCUT2D eigenvalue weighted by atomic mass is 35.5. The molecule has 0 saturated carbocycles. The average Bonchev–Trinajstić information content (AvgIpc) is 2.84. The molecule has 4 rings (SSSR count). The van der Waals surface area contributed by atoms with Crippen molar-refractivity contribution in [3.8, 4) is 11.3 Å². The van der Waals surface area contributed by atoms with Crippen molar-refractivity contribution in [1.82, 2.24) is 14.8 Å². The number of benzene rings is 2. The second-order valence-corrected chi connectivity index (χ2v) is 8.35. The van der Waals surface area contributed by atoms with Crippen molar-refractivity contribution in [1.29, 1.82) is 0 Å². The molecule has 1 aliphatic rings. The zero-order chi connectivity index (χ0) is 22.5. The van der Waals surface area contributed by atoms with Crippen LogP contribution in [-0.2, 0) is 4.79 Å². The molecule has 2 amide bonds. The zero-order valence-electron chi connectivity index (χ0n) is 18.0. The van der Waals surface area contributed by atoms with E-state index in [1.165, 1.54) is 0 Å². The maximum Gasteiger partial charge on any atom is 0.254 e. The fourth-order valence-electron chi connectivity index (χ4n) is 3.97. The molecule has 164 valence electrons. The number of rotatable bonds is 6. The van der Waals surface area contributed by atoms with Crippen LogP contribution in [0.4, 0.5) is 0 Å². The van der Waals surface area contributed by atoms with Crippen LogP contribution in [0.2, 0.25) is 5.02 Å². The predicted molar refractivity (Wildman–Crippen MR) is 129 cm³/mol. The van der Waals surface area contributed by atoms with Crippen molar-refractivity contribution in [3.63, 3.8) is 0 Å². The summed E-state index contributed by atoms with van der Waals surface area (Å²) >= 11 is 6.51. The molecule has 2 heterocycles. The van der Waals surface area contributed by atoms with Crippen LogP contribution in [0.1, 0.15) is 29.6 Å². The number of halogens is 1. The lowest BCUT2D eigenvalue weighted by Crippen LogP contribution is -2.50. The van der Waals surface area contributed by atoms with Crippen LogP contribution in [0.25, 0.3) is 22.2 Å². The minimum atomic E-state index is -0.0475. The number of fused-ring (bicyclic) bond motifs is 1. The van der Waals surface area contributed by atoms with Gasteiger partial charge in [0.05, 0.1) is 16.2 Å². The highest BCUT2D eigenvalue weighted by molar-refractivity contribution is 6.35. The van der Waals surface area contributed by atoms with Crippen LogP contribution in [0.5, 0.6) is 0 Å². The lowest BCUT2D eigenvalue weighted by atomic mass is 10.1. The quantitative estimate of drug-likeness (QED) is 0.385. The first kappa shape index (κ1) is 22.0. The largest absolute Gasteiger partial charge is 0.339 e. The summed E-state index contributed by atoms with van der Waals surface area (Å²) in [5.74, 6) is 0.102. The second-order valence-electron chi connectivity index (χ2n) is 7.94. The molecule has 32 heavy (non-hydrogen) atoms. The SMILES string of the molecule is C=CCCCC(=O)N1CCN(C(=O)c2ccc3c(Cl)cc(-c4ccccc4)nc3c2)CC1. The van der Waals surface area contributed by atoms with Gasteiger partial charge < -0.3 is 9.80 Å². The third-order valence-electron chi connectivity index (χ3n) is 5.79. The number of hydrogen-bond acceptors (Lipinski definition) is 3. The van der Waals surface area contributed by atoms with E-state index >= 15 is 0 Å². The van der Waals surface area contributed by atoms with E-state index in [0.717, 1.165) is 29.5 Å². The van der Waals surface area contributed by atoms with Gasteiger partial charge in [0, 0.05) is 49.1 Å². The first-order valence-electron chi connectivity index (χ1n) is 10.9. The Morgan fingerprint density at radius 1 is 1.00 bits per heavy atom. The van der Waals surface area contributed by atoms with Gasteiger partial charge in [0.15, 0.2) is 0 Å². The molecule has 0 N–H and O–H groups in total. The number of hydrogen-bond donors (Lipinski definition) is 0. The molecule has 1 aliphatic heterocycles. The third-order valence-corrected chi connectivity index (χ3v) is 6.11. The van der Waals surface area contributed by atoms with Gasteiger partial charge in [-0.1, -0.05) is 54.1 Å². The Kier molecular flexibility index (Phi) is 6.86. The van der Waals surface area contributed by atoms with E-state index in [1.807, 2.05) is 59.5 Å². The van der Waals surface area contributed by atoms with Gasteiger partial charge in [-0.05, 0) is 31.0 Å². The van der Waals surface area contributed by atoms with E-state index in [9.17, 15) is 9.59 Å². The van der Waals surface area contributed by atoms with Crippen molar-refractivity contribution in [3.05, 3.63) is 77.8 Å². The third kappa shape index (κ3) is 4.83. The van der Waals surface area contributed by atoms with Gasteiger partial charge in [0.25, 0.3) is 5.91 Å². The molecular weight excluding hydrogens is 422 g/mol. The van der Waals surface area contributed by atoms with Crippen molar-refractivity contribution < 1.29 is 9.59 Å². The van der Waals surface area contributed by atoms with Gasteiger partial charge in [-0.15, -0.1) is 6.58 Å². The molecule has 0 aliphatic carbocycles. The molecule has 1 saturated heterocycles. The Bertz CT molecular complexity index is 1140. The number of piperazine rings is 1. The van der Waals surface area contributed by atoms with Crippen LogP contribution in [-0.4, -0.2) is 52.8 Å². The van der Waals surface area contributed by atoms with Crippen LogP contribution in [0, 0.1) is 0 Å². The first-order chi connectivity index (χ1) is 15.6. The van der Waals surface area contributed by atoms with Crippen LogP contribution < -0.4 is 0 Å². The number of amides is 2. The summed E-state index contributed by atoms with van der Waals surface area (Å²) in [5, 5.41) is 1.43. The number of pyridine rings is 1. The lowest BCUT2D eigenvalue weighted by molar-refractivity contribution is -0.132. The maximum absolute atomic E-state index is 13.1. The van der Waals surface area contributed by atoms with Crippen LogP contribution in [0.3, 0.4) is 0 Å². The van der Waals surface area contributed by atoms with Gasteiger partial charge in [-0.3, -0.25) is 9.59 Å². The molecule has 1 aromatic heterocycles. The Hall–Kier alpha value is -3.18. The molecule has 0 bridgehead atoms. The molecule has 0 atom stereocenters. The number of aromatic nitrogens is 1. The first-order valence-corrected chi connectivity index (χ1v) is 11.3. The average molecular weight is 448 g/mol. The number of unbranched alkanes of at least 4 members (excludes halogenated alkanes) is 1. The van der Waals surface area contributed by atoms with Gasteiger partial charge in [-0.25, -0.2) is 4.98 Å². The predicted octanol–water partition coefficient (Wildman–Crippen LogP) is 5.20. The summed E-state index contributed by atoms with van der Waals surface area (Å²) in [5.41, 5.74) is 3.02. The van der Waals surface area contributed by atoms with Gasteiger partial charge >= 0.3 is 0 Å². The van der Waals surface area contributed by atoms with Crippen LogP contribution in [0.15, 0.2) is 67.3 Å². The van der Waals surface area contributed by atoms with E-state index in [0.29, 0.717) is 48.7 Å². The summed E-state index contributed by atoms with van der Waals surface area (Å²) in [6.07, 6.45) is 4.02. The number of nitrogens with zero attached hydrogens (tertiary/aromatic N) is 3. The smallest absolute Gasteiger partial charge is 0.254 e. The molecule has 1 fully saturated rings. The van der Waals surface area contributed by atoms with E-state index in [2.05, 4.69) is 6.58 Å². The van der Waals surface area contributed by atoms with E-state index in [4.69, 9.17) is 16.6 Å². The second kappa shape index (κ2) is 9.96. The van der Waals surface area contributed by atoms with Gasteiger partial charge in [0.1, 0.15) is 0 Å². The van der Waals surface area contributed by atoms with Crippen molar-refractivity contribution in [2.75, 3.05) is 26.2 Å². The number of carbonyl (C=O) groups excluding carboxylic acids is 2. The monoisotopic (exact) mass is 447 g/mol. The molecule has 0 unspecified atom stereocenters. The Labute approximate surface area is 193 Å².